The van der Waals surface area contributed by atoms with Gasteiger partial charge in [0, 0.05) is 6.20 Å². The summed E-state index contributed by atoms with van der Waals surface area (Å²) in [5.41, 5.74) is 1.08. The zero-order valence-corrected chi connectivity index (χ0v) is 14.9. The Hall–Kier alpha value is -0.0200. The van der Waals surface area contributed by atoms with Crippen LogP contribution in [0.3, 0.4) is 0 Å². The van der Waals surface area contributed by atoms with Crippen LogP contribution in [0.25, 0.3) is 0 Å². The van der Waals surface area contributed by atoms with E-state index in [1.54, 1.807) is 6.20 Å². The van der Waals surface area contributed by atoms with Crippen molar-refractivity contribution in [1.29, 1.82) is 0 Å². The fourth-order valence-corrected chi connectivity index (χ4v) is 4.58. The molecule has 21 heavy (non-hydrogen) atoms. The third-order valence-corrected chi connectivity index (χ3v) is 6.14. The van der Waals surface area contributed by atoms with Crippen LogP contribution < -0.4 is 0 Å². The third kappa shape index (κ3) is 3.50. The van der Waals surface area contributed by atoms with Gasteiger partial charge in [-0.3, -0.25) is 0 Å². The lowest BCUT2D eigenvalue weighted by Crippen LogP contribution is -2.54. The number of allylic oxidation sites excluding steroid dienone is 3. The largest absolute Gasteiger partial charge is 0.392 e. The normalized spacial score (nSPS) is 38.8. The zero-order valence-electron chi connectivity index (χ0n) is 12.6. The Labute approximate surface area is 141 Å². The molecule has 0 heterocycles. The van der Waals surface area contributed by atoms with Crippen molar-refractivity contribution >= 4 is 39.4 Å². The summed E-state index contributed by atoms with van der Waals surface area (Å²) in [6.07, 6.45) is 8.11. The zero-order chi connectivity index (χ0) is 15.8. The Bertz CT molecular complexity index is 494. The molecule has 0 aromatic heterocycles. The van der Waals surface area contributed by atoms with Gasteiger partial charge >= 0.3 is 0 Å². The van der Waals surface area contributed by atoms with Gasteiger partial charge in [0.05, 0.1) is 11.5 Å². The van der Waals surface area contributed by atoms with E-state index in [9.17, 15) is 5.11 Å². The van der Waals surface area contributed by atoms with Crippen LogP contribution in [0.4, 0.5) is 0 Å². The van der Waals surface area contributed by atoms with Gasteiger partial charge in [-0.2, -0.15) is 0 Å². The monoisotopic (exact) mass is 349 g/mol. The predicted molar refractivity (Wildman–Crippen MR) is 91.2 cm³/mol. The van der Waals surface area contributed by atoms with Gasteiger partial charge in [-0.05, 0) is 70.9 Å². The maximum absolute atomic E-state index is 10.3. The summed E-state index contributed by atoms with van der Waals surface area (Å²) < 4.78 is 0.00551. The van der Waals surface area contributed by atoms with Gasteiger partial charge in [0.2, 0.25) is 0 Å². The average molecular weight is 351 g/mol. The van der Waals surface area contributed by atoms with Crippen molar-refractivity contribution in [1.82, 2.24) is 0 Å². The number of aliphatic hydroxyl groups excluding tert-OH is 1. The second-order valence-corrected chi connectivity index (χ2v) is 8.38. The van der Waals surface area contributed by atoms with E-state index in [1.807, 2.05) is 6.08 Å². The molecule has 0 bridgehead atoms. The lowest BCUT2D eigenvalue weighted by atomic mass is 9.52. The van der Waals surface area contributed by atoms with E-state index in [1.165, 1.54) is 5.57 Å². The van der Waals surface area contributed by atoms with Crippen LogP contribution in [0, 0.1) is 16.7 Å². The molecule has 0 aliphatic heterocycles. The first-order chi connectivity index (χ1) is 9.67. The van der Waals surface area contributed by atoms with Crippen molar-refractivity contribution in [3.8, 4) is 0 Å². The number of aliphatic hydroxyl groups is 1. The highest BCUT2D eigenvalue weighted by atomic mass is 35.5. The molecule has 5 heteroatoms. The molecule has 1 fully saturated rings. The predicted octanol–water partition coefficient (Wildman–Crippen LogP) is 5.07. The molecule has 0 amide bonds. The van der Waals surface area contributed by atoms with Crippen LogP contribution in [0.15, 0.2) is 28.9 Å². The van der Waals surface area contributed by atoms with E-state index in [0.29, 0.717) is 12.3 Å². The van der Waals surface area contributed by atoms with Gasteiger partial charge < -0.3 is 5.11 Å². The van der Waals surface area contributed by atoms with E-state index in [0.717, 1.165) is 12.8 Å². The second kappa shape index (κ2) is 6.23. The van der Waals surface area contributed by atoms with Crippen LogP contribution in [-0.2, 0) is 0 Å². The number of halogens is 3. The molecule has 2 rings (SSSR count). The Balaban J connectivity index is 2.28. The van der Waals surface area contributed by atoms with Gasteiger partial charge in [0.25, 0.3) is 0 Å². The van der Waals surface area contributed by atoms with E-state index in [-0.39, 0.29) is 20.8 Å². The number of aliphatic imine (C=N–C) groups is 1. The molecule has 2 nitrogen and oxygen atoms in total. The first kappa shape index (κ1) is 17.3. The van der Waals surface area contributed by atoms with Crippen LogP contribution in [0.2, 0.25) is 0 Å². The number of alkyl halides is 1. The molecule has 0 spiro atoms. The van der Waals surface area contributed by atoms with Crippen molar-refractivity contribution < 1.29 is 5.11 Å². The highest BCUT2D eigenvalue weighted by molar-refractivity contribution is 6.95. The lowest BCUT2D eigenvalue weighted by Gasteiger charge is -2.55. The van der Waals surface area contributed by atoms with Crippen molar-refractivity contribution in [2.24, 2.45) is 21.7 Å². The number of hydrogen-bond donors (Lipinski definition) is 1. The molecule has 0 aromatic carbocycles. The first-order valence-electron chi connectivity index (χ1n) is 7.26. The Morgan fingerprint density at radius 3 is 2.67 bits per heavy atom. The fourth-order valence-electron chi connectivity index (χ4n) is 4.22. The van der Waals surface area contributed by atoms with Crippen LogP contribution in [-0.4, -0.2) is 21.2 Å². The summed E-state index contributed by atoms with van der Waals surface area (Å²) in [7, 11) is 0. The summed E-state index contributed by atoms with van der Waals surface area (Å²) in [5, 5.41) is 10.1. The molecule has 0 radical (unpaired) electrons. The second-order valence-electron chi connectivity index (χ2n) is 7.00. The van der Waals surface area contributed by atoms with Gasteiger partial charge in [-0.15, -0.1) is 11.6 Å². The summed E-state index contributed by atoms with van der Waals surface area (Å²) in [4.78, 5) is 3.86. The quantitative estimate of drug-likeness (QED) is 0.547. The smallest absolute Gasteiger partial charge is 0.196 e. The summed E-state index contributed by atoms with van der Waals surface area (Å²) in [6.45, 7) is 6.56. The number of hydrogen-bond acceptors (Lipinski definition) is 2. The maximum atomic E-state index is 10.3. The Kier molecular flexibility index (Phi) is 5.15. The topological polar surface area (TPSA) is 32.6 Å². The molecule has 0 aromatic rings. The standard InChI is InChI=1S/C16H22Cl3NO/c1-15(2)12-5-4-10(6-7-20-14(18)19)8-16(12,3)9-11(21)13(15)17/h6-8,11-13,21H,4-5,9H2,1-3H3/b7-6+/t11-,12+,13+,16-/m1/s1. The molecule has 0 saturated heterocycles. The highest BCUT2D eigenvalue weighted by Gasteiger charge is 2.54. The third-order valence-electron chi connectivity index (χ3n) is 5.09. The summed E-state index contributed by atoms with van der Waals surface area (Å²) >= 11 is 17.5. The SMILES string of the molecule is CC1(C)[C@@H](Cl)[C@H](O)C[C@@]2(C)C=C(/C=C/N=C(Cl)Cl)CC[C@@H]12. The van der Waals surface area contributed by atoms with Crippen molar-refractivity contribution in [2.75, 3.05) is 0 Å². The van der Waals surface area contributed by atoms with E-state index < -0.39 is 6.10 Å². The van der Waals surface area contributed by atoms with Crippen molar-refractivity contribution in [3.63, 3.8) is 0 Å². The minimum absolute atomic E-state index is 0.00551. The minimum atomic E-state index is -0.474. The molecule has 2 aliphatic rings. The van der Waals surface area contributed by atoms with Gasteiger partial charge in [-0.25, -0.2) is 4.99 Å². The van der Waals surface area contributed by atoms with E-state index in [4.69, 9.17) is 34.8 Å². The van der Waals surface area contributed by atoms with Gasteiger partial charge in [0.1, 0.15) is 0 Å². The Morgan fingerprint density at radius 1 is 1.38 bits per heavy atom. The molecule has 1 N–H and O–H groups in total. The number of nitrogens with zero attached hydrogens (tertiary/aromatic N) is 1. The van der Waals surface area contributed by atoms with Crippen molar-refractivity contribution in [2.45, 2.75) is 51.5 Å². The van der Waals surface area contributed by atoms with Crippen LogP contribution in [0.1, 0.15) is 40.0 Å². The first-order valence-corrected chi connectivity index (χ1v) is 8.45. The summed E-state index contributed by atoms with van der Waals surface area (Å²) in [6, 6.07) is 0. The molecule has 118 valence electrons. The molecular formula is C16H22Cl3NO. The minimum Gasteiger partial charge on any atom is -0.392 e. The molecule has 2 aliphatic carbocycles. The molecular weight excluding hydrogens is 329 g/mol. The highest BCUT2D eigenvalue weighted by Crippen LogP contribution is 2.57. The Morgan fingerprint density at radius 2 is 2.05 bits per heavy atom. The maximum Gasteiger partial charge on any atom is 0.196 e. The lowest BCUT2D eigenvalue weighted by molar-refractivity contribution is -0.0477. The fraction of sp³-hybridized carbons (Fsp3) is 0.688. The number of fused-ring (bicyclic) bond motifs is 1. The van der Waals surface area contributed by atoms with Crippen LogP contribution in [0.5, 0.6) is 0 Å². The molecule has 0 unspecified atom stereocenters. The molecule has 1 saturated carbocycles. The van der Waals surface area contributed by atoms with Crippen molar-refractivity contribution in [3.05, 3.63) is 23.9 Å². The van der Waals surface area contributed by atoms with E-state index in [2.05, 4.69) is 31.8 Å². The number of rotatable bonds is 2. The summed E-state index contributed by atoms with van der Waals surface area (Å²) in [5.74, 6) is 0.466. The van der Waals surface area contributed by atoms with Gasteiger partial charge in [-0.1, -0.05) is 26.8 Å². The van der Waals surface area contributed by atoms with Crippen LogP contribution >= 0.6 is 34.8 Å². The van der Waals surface area contributed by atoms with E-state index >= 15 is 0 Å². The average Bonchev–Trinajstić information content (AvgIpc) is 2.35. The van der Waals surface area contributed by atoms with Gasteiger partial charge in [0.15, 0.2) is 4.63 Å². The molecule has 4 atom stereocenters.